The third-order valence-electron chi connectivity index (χ3n) is 4.97. The van der Waals surface area contributed by atoms with Gasteiger partial charge in [0.15, 0.2) is 6.61 Å². The molecule has 0 aliphatic heterocycles. The first-order valence-electron chi connectivity index (χ1n) is 10.0. The number of carbonyl (C=O) groups is 1. The van der Waals surface area contributed by atoms with Crippen molar-refractivity contribution < 1.29 is 17.9 Å². The molecule has 0 saturated carbocycles. The number of hydrogen-bond donors (Lipinski definition) is 1. The number of benzene rings is 3. The molecule has 0 aliphatic rings. The number of carbonyl (C=O) groups excluding carboxylic acids is 1. The number of hydrogen-bond acceptors (Lipinski definition) is 5. The lowest BCUT2D eigenvalue weighted by atomic mass is 10.1. The zero-order valence-corrected chi connectivity index (χ0v) is 19.8. The van der Waals surface area contributed by atoms with Crippen molar-refractivity contribution in [1.29, 1.82) is 0 Å². The molecule has 6 nitrogen and oxygen atoms in total. The first kappa shape index (κ1) is 23.7. The van der Waals surface area contributed by atoms with E-state index in [0.717, 1.165) is 5.56 Å². The molecule has 0 aliphatic carbocycles. The molecule has 0 spiro atoms. The molecule has 0 radical (unpaired) electrons. The highest BCUT2D eigenvalue weighted by molar-refractivity contribution is 7.98. The van der Waals surface area contributed by atoms with Gasteiger partial charge in [-0.1, -0.05) is 30.3 Å². The van der Waals surface area contributed by atoms with Gasteiger partial charge in [0.25, 0.3) is 15.9 Å². The second-order valence-electron chi connectivity index (χ2n) is 7.13. The summed E-state index contributed by atoms with van der Waals surface area (Å²) in [6.45, 7) is 1.79. The molecular formula is C24H26N2O4S2. The van der Waals surface area contributed by atoms with Crippen molar-refractivity contribution in [3.63, 3.8) is 0 Å². The van der Waals surface area contributed by atoms with E-state index in [1.807, 2.05) is 37.4 Å². The number of sulfonamides is 1. The van der Waals surface area contributed by atoms with Crippen molar-refractivity contribution >= 4 is 33.4 Å². The summed E-state index contributed by atoms with van der Waals surface area (Å²) in [5, 5.41) is 2.91. The largest absolute Gasteiger partial charge is 0.484 e. The predicted octanol–water partition coefficient (Wildman–Crippen LogP) is 4.49. The van der Waals surface area contributed by atoms with E-state index >= 15 is 0 Å². The first-order chi connectivity index (χ1) is 15.3. The van der Waals surface area contributed by atoms with Crippen LogP contribution in [-0.2, 0) is 14.8 Å². The maximum absolute atomic E-state index is 12.7. The maximum Gasteiger partial charge on any atom is 0.264 e. The Bertz CT molecular complexity index is 1130. The van der Waals surface area contributed by atoms with Crippen LogP contribution in [0.25, 0.3) is 0 Å². The van der Waals surface area contributed by atoms with Crippen LogP contribution in [0.15, 0.2) is 88.7 Å². The first-order valence-corrected chi connectivity index (χ1v) is 12.7. The topological polar surface area (TPSA) is 75.7 Å². The number of anilines is 1. The van der Waals surface area contributed by atoms with Gasteiger partial charge in [-0.05, 0) is 67.3 Å². The van der Waals surface area contributed by atoms with Crippen molar-refractivity contribution in [1.82, 2.24) is 5.32 Å². The second kappa shape index (κ2) is 10.6. The fourth-order valence-corrected chi connectivity index (χ4v) is 4.67. The SMILES string of the molecule is CSc1ccc([C@@H](C)NC(=O)COc2ccc(N(C)S(=O)(=O)c3ccccc3)cc2)cc1. The van der Waals surface area contributed by atoms with Crippen molar-refractivity contribution in [2.45, 2.75) is 22.8 Å². The standard InChI is InChI=1S/C24H26N2O4S2/c1-18(19-9-15-22(31-3)16-10-19)25-24(27)17-30-21-13-11-20(12-14-21)26(2)32(28,29)23-7-5-4-6-8-23/h4-16,18H,17H2,1-3H3,(H,25,27)/t18-/m1/s1. The van der Waals surface area contributed by atoms with Gasteiger partial charge in [0.2, 0.25) is 0 Å². The monoisotopic (exact) mass is 470 g/mol. The summed E-state index contributed by atoms with van der Waals surface area (Å²) in [5.74, 6) is 0.241. The summed E-state index contributed by atoms with van der Waals surface area (Å²) in [6, 6.07) is 22.7. The second-order valence-corrected chi connectivity index (χ2v) is 9.98. The van der Waals surface area contributed by atoms with Gasteiger partial charge in [0.05, 0.1) is 16.6 Å². The van der Waals surface area contributed by atoms with Gasteiger partial charge in [0, 0.05) is 11.9 Å². The highest BCUT2D eigenvalue weighted by atomic mass is 32.2. The Kier molecular flexibility index (Phi) is 7.82. The van der Waals surface area contributed by atoms with Crippen LogP contribution in [0, 0.1) is 0 Å². The Morgan fingerprint density at radius 1 is 1.00 bits per heavy atom. The van der Waals surface area contributed by atoms with E-state index in [1.165, 1.54) is 16.2 Å². The van der Waals surface area contributed by atoms with Crippen molar-refractivity contribution in [2.24, 2.45) is 0 Å². The van der Waals surface area contributed by atoms with Crippen molar-refractivity contribution in [3.05, 3.63) is 84.4 Å². The van der Waals surface area contributed by atoms with E-state index in [2.05, 4.69) is 5.32 Å². The van der Waals surface area contributed by atoms with Gasteiger partial charge >= 0.3 is 0 Å². The summed E-state index contributed by atoms with van der Waals surface area (Å²) < 4.78 is 32.2. The molecule has 8 heteroatoms. The molecule has 3 aromatic rings. The molecule has 3 rings (SSSR count). The van der Waals surface area contributed by atoms with Gasteiger partial charge in [-0.3, -0.25) is 9.10 Å². The highest BCUT2D eigenvalue weighted by Gasteiger charge is 2.20. The van der Waals surface area contributed by atoms with Crippen LogP contribution in [0.1, 0.15) is 18.5 Å². The highest BCUT2D eigenvalue weighted by Crippen LogP contribution is 2.24. The Balaban J connectivity index is 1.55. The fourth-order valence-electron chi connectivity index (χ4n) is 3.05. The van der Waals surface area contributed by atoms with Gasteiger partial charge < -0.3 is 10.1 Å². The molecule has 32 heavy (non-hydrogen) atoms. The van der Waals surface area contributed by atoms with Crippen LogP contribution in [-0.4, -0.2) is 34.2 Å². The number of ether oxygens (including phenoxy) is 1. The number of thioether (sulfide) groups is 1. The van der Waals surface area contributed by atoms with E-state index in [9.17, 15) is 13.2 Å². The lowest BCUT2D eigenvalue weighted by Gasteiger charge is -2.20. The van der Waals surface area contributed by atoms with E-state index in [4.69, 9.17) is 4.74 Å². The van der Waals surface area contributed by atoms with Gasteiger partial charge in [-0.25, -0.2) is 8.42 Å². The lowest BCUT2D eigenvalue weighted by molar-refractivity contribution is -0.123. The Hall–Kier alpha value is -2.97. The molecule has 0 unspecified atom stereocenters. The van der Waals surface area contributed by atoms with Crippen LogP contribution < -0.4 is 14.4 Å². The molecule has 1 N–H and O–H groups in total. The average Bonchev–Trinajstić information content (AvgIpc) is 2.83. The third kappa shape index (κ3) is 5.83. The van der Waals surface area contributed by atoms with Crippen LogP contribution >= 0.6 is 11.8 Å². The summed E-state index contributed by atoms with van der Waals surface area (Å²) in [6.07, 6.45) is 2.02. The van der Waals surface area contributed by atoms with Crippen LogP contribution in [0.5, 0.6) is 5.75 Å². The van der Waals surface area contributed by atoms with Crippen LogP contribution in [0.4, 0.5) is 5.69 Å². The number of rotatable bonds is 9. The van der Waals surface area contributed by atoms with E-state index in [-0.39, 0.29) is 23.5 Å². The van der Waals surface area contributed by atoms with Crippen molar-refractivity contribution in [2.75, 3.05) is 24.2 Å². The molecule has 0 bridgehead atoms. The smallest absolute Gasteiger partial charge is 0.264 e. The van der Waals surface area contributed by atoms with Crippen LogP contribution in [0.2, 0.25) is 0 Å². The van der Waals surface area contributed by atoms with Crippen LogP contribution in [0.3, 0.4) is 0 Å². The molecule has 0 saturated heterocycles. The fraction of sp³-hybridized carbons (Fsp3) is 0.208. The molecule has 1 amide bonds. The summed E-state index contributed by atoms with van der Waals surface area (Å²) in [4.78, 5) is 13.6. The Morgan fingerprint density at radius 3 is 2.22 bits per heavy atom. The minimum absolute atomic E-state index is 0.134. The molecule has 0 fully saturated rings. The van der Waals surface area contributed by atoms with Gasteiger partial charge in [-0.2, -0.15) is 0 Å². The predicted molar refractivity (Wildman–Crippen MR) is 129 cm³/mol. The van der Waals surface area contributed by atoms with Gasteiger partial charge in [-0.15, -0.1) is 11.8 Å². The maximum atomic E-state index is 12.7. The van der Waals surface area contributed by atoms with E-state index in [1.54, 1.807) is 66.4 Å². The summed E-state index contributed by atoms with van der Waals surface area (Å²) in [7, 11) is -2.15. The third-order valence-corrected chi connectivity index (χ3v) is 7.51. The zero-order valence-electron chi connectivity index (χ0n) is 18.2. The Morgan fingerprint density at radius 2 is 1.62 bits per heavy atom. The minimum Gasteiger partial charge on any atom is -0.484 e. The summed E-state index contributed by atoms with van der Waals surface area (Å²) in [5.41, 5.74) is 1.51. The van der Waals surface area contributed by atoms with E-state index < -0.39 is 10.0 Å². The number of nitrogens with one attached hydrogen (secondary N) is 1. The average molecular weight is 471 g/mol. The van der Waals surface area contributed by atoms with Gasteiger partial charge in [0.1, 0.15) is 5.75 Å². The normalized spacial score (nSPS) is 12.1. The molecule has 0 aromatic heterocycles. The zero-order chi connectivity index (χ0) is 23.1. The minimum atomic E-state index is -3.65. The molecule has 168 valence electrons. The molecule has 0 heterocycles. The lowest BCUT2D eigenvalue weighted by Crippen LogP contribution is -2.31. The Labute approximate surface area is 193 Å². The molecule has 3 aromatic carbocycles. The number of nitrogens with zero attached hydrogens (tertiary/aromatic N) is 1. The molecular weight excluding hydrogens is 444 g/mol. The summed E-state index contributed by atoms with van der Waals surface area (Å²) >= 11 is 1.67. The van der Waals surface area contributed by atoms with E-state index in [0.29, 0.717) is 11.4 Å². The quantitative estimate of drug-likeness (QED) is 0.467. The van der Waals surface area contributed by atoms with Crippen molar-refractivity contribution in [3.8, 4) is 5.75 Å². The number of amides is 1. The molecule has 1 atom stereocenters.